The number of aliphatic hydroxyl groups is 1. The van der Waals surface area contributed by atoms with Crippen molar-refractivity contribution in [3.63, 3.8) is 0 Å². The Kier molecular flexibility index (Phi) is 4.38. The van der Waals surface area contributed by atoms with Crippen molar-refractivity contribution in [1.29, 1.82) is 0 Å². The summed E-state index contributed by atoms with van der Waals surface area (Å²) in [6.07, 6.45) is -1.23. The van der Waals surface area contributed by atoms with Gasteiger partial charge < -0.3 is 20.1 Å². The topological polar surface area (TPSA) is 121 Å². The van der Waals surface area contributed by atoms with Gasteiger partial charge in [-0.3, -0.25) is 14.4 Å². The minimum Gasteiger partial charge on any atom is -0.507 e. The van der Waals surface area contributed by atoms with Crippen LogP contribution in [-0.4, -0.2) is 50.7 Å². The Morgan fingerprint density at radius 3 is 2.72 bits per heavy atom. The lowest BCUT2D eigenvalue weighted by Gasteiger charge is -2.48. The molecule has 1 fully saturated rings. The molecule has 3 rings (SSSR count). The number of hydrogen-bond acceptors (Lipinski definition) is 6. The quantitative estimate of drug-likeness (QED) is 0.755. The van der Waals surface area contributed by atoms with E-state index in [4.69, 9.17) is 9.84 Å². The summed E-state index contributed by atoms with van der Waals surface area (Å²) >= 11 is 0. The number of carbonyl (C=O) groups is 3. The molecule has 1 saturated heterocycles. The number of ether oxygens (including phenoxy) is 1. The number of carboxylic acids is 1. The van der Waals surface area contributed by atoms with E-state index < -0.39 is 41.3 Å². The second kappa shape index (κ2) is 6.24. The predicted octanol–water partition coefficient (Wildman–Crippen LogP) is 1.55. The molecular weight excluding hydrogens is 328 g/mol. The van der Waals surface area contributed by atoms with Gasteiger partial charge in [-0.15, -0.1) is 0 Å². The van der Waals surface area contributed by atoms with Gasteiger partial charge in [-0.2, -0.15) is 0 Å². The molecule has 25 heavy (non-hydrogen) atoms. The SMILES string of the molecule is CCCC1OC(CC(=O)O)CC2C(=O)c3cccc(O)c3C(=O)C12O. The van der Waals surface area contributed by atoms with Gasteiger partial charge in [0.25, 0.3) is 0 Å². The van der Waals surface area contributed by atoms with Gasteiger partial charge in [0, 0.05) is 5.56 Å². The molecule has 3 N–H and O–H groups in total. The van der Waals surface area contributed by atoms with Gasteiger partial charge in [0.2, 0.25) is 5.78 Å². The summed E-state index contributed by atoms with van der Waals surface area (Å²) in [4.78, 5) is 36.9. The van der Waals surface area contributed by atoms with Gasteiger partial charge >= 0.3 is 5.97 Å². The highest BCUT2D eigenvalue weighted by Gasteiger charge is 2.61. The molecule has 134 valence electrons. The summed E-state index contributed by atoms with van der Waals surface area (Å²) in [6.45, 7) is 1.84. The number of rotatable bonds is 4. The minimum atomic E-state index is -2.09. The van der Waals surface area contributed by atoms with Crippen LogP contribution in [0.3, 0.4) is 0 Å². The summed E-state index contributed by atoms with van der Waals surface area (Å²) in [6, 6.07) is 4.19. The fraction of sp³-hybridized carbons (Fsp3) is 0.500. The van der Waals surface area contributed by atoms with Crippen LogP contribution in [0.25, 0.3) is 0 Å². The van der Waals surface area contributed by atoms with Crippen molar-refractivity contribution in [3.05, 3.63) is 29.3 Å². The number of ketones is 2. The first kappa shape index (κ1) is 17.6. The van der Waals surface area contributed by atoms with Gasteiger partial charge in [-0.1, -0.05) is 25.5 Å². The van der Waals surface area contributed by atoms with Crippen molar-refractivity contribution >= 4 is 17.5 Å². The van der Waals surface area contributed by atoms with Gasteiger partial charge in [-0.05, 0) is 18.9 Å². The van der Waals surface area contributed by atoms with Crippen LogP contribution in [0.4, 0.5) is 0 Å². The van der Waals surface area contributed by atoms with E-state index in [0.29, 0.717) is 12.8 Å². The lowest BCUT2D eigenvalue weighted by molar-refractivity contribution is -0.181. The van der Waals surface area contributed by atoms with Gasteiger partial charge in [0.05, 0.1) is 30.1 Å². The number of carboxylic acid groups (broad SMARTS) is 1. The van der Waals surface area contributed by atoms with E-state index in [1.54, 1.807) is 0 Å². The fourth-order valence-electron chi connectivity index (χ4n) is 3.92. The third-order valence-corrected chi connectivity index (χ3v) is 5.05. The molecule has 0 amide bonds. The first-order valence-corrected chi connectivity index (χ1v) is 8.31. The van der Waals surface area contributed by atoms with Gasteiger partial charge in [0.15, 0.2) is 11.4 Å². The summed E-state index contributed by atoms with van der Waals surface area (Å²) in [5.74, 6) is -3.71. The molecule has 4 atom stereocenters. The maximum Gasteiger partial charge on any atom is 0.305 e. The Bertz CT molecular complexity index is 741. The van der Waals surface area contributed by atoms with Crippen molar-refractivity contribution in [2.75, 3.05) is 0 Å². The number of hydrogen-bond donors (Lipinski definition) is 3. The molecule has 2 aliphatic rings. The molecule has 1 aromatic carbocycles. The number of Topliss-reactive ketones (excluding diaryl/α,β-unsaturated/α-hetero) is 2. The Hall–Kier alpha value is -2.25. The molecule has 0 spiro atoms. The number of phenols is 1. The zero-order chi connectivity index (χ0) is 18.4. The van der Waals surface area contributed by atoms with Crippen molar-refractivity contribution in [3.8, 4) is 5.75 Å². The standard InChI is InChI=1S/C18H20O7/c1-2-4-13-18(24)11(7-9(25-13)8-14(20)21)16(22)10-5-3-6-12(19)15(10)17(18)23/h3,5-6,9,11,13,19,24H,2,4,7-8H2,1H3,(H,20,21). The van der Waals surface area contributed by atoms with Crippen LogP contribution in [0, 0.1) is 5.92 Å². The van der Waals surface area contributed by atoms with Crippen LogP contribution in [0.1, 0.15) is 53.3 Å². The summed E-state index contributed by atoms with van der Waals surface area (Å²) in [5.41, 5.74) is -2.22. The smallest absolute Gasteiger partial charge is 0.305 e. The van der Waals surface area contributed by atoms with Crippen LogP contribution < -0.4 is 0 Å². The zero-order valence-electron chi connectivity index (χ0n) is 13.8. The molecule has 7 heteroatoms. The minimum absolute atomic E-state index is 0.0529. The predicted molar refractivity (Wildman–Crippen MR) is 85.6 cm³/mol. The molecule has 1 heterocycles. The third-order valence-electron chi connectivity index (χ3n) is 5.05. The molecule has 0 aromatic heterocycles. The monoisotopic (exact) mass is 348 g/mol. The highest BCUT2D eigenvalue weighted by Crippen LogP contribution is 2.46. The van der Waals surface area contributed by atoms with E-state index in [-0.39, 0.29) is 29.7 Å². The molecule has 7 nitrogen and oxygen atoms in total. The van der Waals surface area contributed by atoms with Crippen LogP contribution in [-0.2, 0) is 9.53 Å². The van der Waals surface area contributed by atoms with E-state index in [0.717, 1.165) is 0 Å². The number of benzene rings is 1. The van der Waals surface area contributed by atoms with Crippen LogP contribution in [0.5, 0.6) is 5.75 Å². The van der Waals surface area contributed by atoms with E-state index in [2.05, 4.69) is 0 Å². The maximum atomic E-state index is 13.0. The molecule has 0 radical (unpaired) electrons. The van der Waals surface area contributed by atoms with Crippen LogP contribution >= 0.6 is 0 Å². The van der Waals surface area contributed by atoms with E-state index in [9.17, 15) is 24.6 Å². The van der Waals surface area contributed by atoms with E-state index in [1.165, 1.54) is 18.2 Å². The van der Waals surface area contributed by atoms with Crippen molar-refractivity contribution in [1.82, 2.24) is 0 Å². The molecular formula is C18H20O7. The molecule has 1 aliphatic heterocycles. The number of aliphatic carboxylic acids is 1. The maximum absolute atomic E-state index is 13.0. The normalized spacial score (nSPS) is 31.4. The Balaban J connectivity index is 2.10. The lowest BCUT2D eigenvalue weighted by atomic mass is 9.64. The largest absolute Gasteiger partial charge is 0.507 e. The molecule has 0 saturated carbocycles. The third kappa shape index (κ3) is 2.63. The first-order valence-electron chi connectivity index (χ1n) is 8.31. The number of aromatic hydroxyl groups is 1. The average molecular weight is 348 g/mol. The van der Waals surface area contributed by atoms with Gasteiger partial charge in [0.1, 0.15) is 5.75 Å². The van der Waals surface area contributed by atoms with E-state index in [1.807, 2.05) is 6.92 Å². The molecule has 1 aliphatic carbocycles. The number of carbonyl (C=O) groups excluding carboxylic acids is 2. The van der Waals surface area contributed by atoms with Crippen LogP contribution in [0.2, 0.25) is 0 Å². The van der Waals surface area contributed by atoms with Crippen molar-refractivity contribution in [2.24, 2.45) is 5.92 Å². The summed E-state index contributed by atoms with van der Waals surface area (Å²) in [5, 5.41) is 30.3. The Morgan fingerprint density at radius 1 is 1.36 bits per heavy atom. The highest BCUT2D eigenvalue weighted by atomic mass is 16.5. The van der Waals surface area contributed by atoms with Gasteiger partial charge in [-0.25, -0.2) is 0 Å². The summed E-state index contributed by atoms with van der Waals surface area (Å²) in [7, 11) is 0. The fourth-order valence-corrected chi connectivity index (χ4v) is 3.92. The second-order valence-corrected chi connectivity index (χ2v) is 6.64. The molecule has 0 bridgehead atoms. The van der Waals surface area contributed by atoms with Crippen molar-refractivity contribution in [2.45, 2.75) is 50.4 Å². The summed E-state index contributed by atoms with van der Waals surface area (Å²) < 4.78 is 5.70. The lowest BCUT2D eigenvalue weighted by Crippen LogP contribution is -2.65. The van der Waals surface area contributed by atoms with Crippen molar-refractivity contribution < 1.29 is 34.4 Å². The van der Waals surface area contributed by atoms with Crippen LogP contribution in [0.15, 0.2) is 18.2 Å². The average Bonchev–Trinajstić information content (AvgIpc) is 2.54. The highest BCUT2D eigenvalue weighted by molar-refractivity contribution is 6.20. The Labute approximate surface area is 144 Å². The first-order chi connectivity index (χ1) is 11.8. The van der Waals surface area contributed by atoms with E-state index >= 15 is 0 Å². The molecule has 4 unspecified atom stereocenters. The number of fused-ring (bicyclic) bond motifs is 2. The zero-order valence-corrected chi connectivity index (χ0v) is 13.8. The second-order valence-electron chi connectivity index (χ2n) is 6.64. The number of phenolic OH excluding ortho intramolecular Hbond substituents is 1. The molecule has 1 aromatic rings. The Morgan fingerprint density at radius 2 is 2.08 bits per heavy atom.